The highest BCUT2D eigenvalue weighted by atomic mass is 16.4. The van der Waals surface area contributed by atoms with Gasteiger partial charge in [0.2, 0.25) is 0 Å². The fourth-order valence-corrected chi connectivity index (χ4v) is 5.10. The van der Waals surface area contributed by atoms with Crippen LogP contribution in [-0.2, 0) is 0 Å². The summed E-state index contributed by atoms with van der Waals surface area (Å²) < 4.78 is 0. The number of piperidine rings is 1. The number of aliphatic hydroxyl groups excluding tert-OH is 2. The molecular weight excluding hydrogens is 282 g/mol. The number of fused-ring (bicyclic) bond motifs is 1. The first-order chi connectivity index (χ1) is 10.4. The van der Waals surface area contributed by atoms with Gasteiger partial charge in [-0.1, -0.05) is 0 Å². The fourth-order valence-electron chi connectivity index (χ4n) is 5.10. The molecule has 3 aliphatic rings. The molecule has 0 bridgehead atoms. The largest absolute Gasteiger partial charge is 0.390 e. The Balaban J connectivity index is 1.67. The van der Waals surface area contributed by atoms with Crippen molar-refractivity contribution in [2.75, 3.05) is 20.1 Å². The number of hydrogen-bond acceptors (Lipinski definition) is 5. The molecule has 5 atom stereocenters. The topological polar surface area (TPSA) is 84.2 Å². The van der Waals surface area contributed by atoms with E-state index in [4.69, 9.17) is 0 Å². The Bertz CT molecular complexity index is 398. The number of nitrogens with zero attached hydrogens (tertiary/aromatic N) is 1. The molecule has 0 aromatic heterocycles. The van der Waals surface area contributed by atoms with E-state index in [9.17, 15) is 20.4 Å². The van der Waals surface area contributed by atoms with E-state index in [-0.39, 0.29) is 6.42 Å². The van der Waals surface area contributed by atoms with E-state index in [1.165, 1.54) is 0 Å². The average Bonchev–Trinajstić information content (AvgIpc) is 2.77. The van der Waals surface area contributed by atoms with Crippen LogP contribution in [0.4, 0.5) is 0 Å². The summed E-state index contributed by atoms with van der Waals surface area (Å²) in [6, 6.07) is 0. The molecule has 3 fully saturated rings. The second-order valence-corrected chi connectivity index (χ2v) is 8.00. The van der Waals surface area contributed by atoms with Gasteiger partial charge in [0, 0.05) is 12.3 Å². The SMILES string of the molecule is CN1CCC(CCC2C(O)C(O)CC3(O)CCCC23O)CC1. The third kappa shape index (κ3) is 2.71. The van der Waals surface area contributed by atoms with E-state index >= 15 is 0 Å². The quantitative estimate of drug-likeness (QED) is 0.610. The highest BCUT2D eigenvalue weighted by molar-refractivity contribution is 5.15. The van der Waals surface area contributed by atoms with Crippen LogP contribution in [-0.4, -0.2) is 68.9 Å². The zero-order valence-corrected chi connectivity index (χ0v) is 13.6. The second kappa shape index (κ2) is 6.02. The van der Waals surface area contributed by atoms with Crippen molar-refractivity contribution in [1.82, 2.24) is 4.90 Å². The Kier molecular flexibility index (Phi) is 4.56. The van der Waals surface area contributed by atoms with Crippen LogP contribution in [0.25, 0.3) is 0 Å². The molecule has 2 saturated carbocycles. The molecule has 1 aliphatic heterocycles. The molecular formula is C17H31NO4. The Labute approximate surface area is 132 Å². The van der Waals surface area contributed by atoms with Crippen LogP contribution >= 0.6 is 0 Å². The third-order valence-corrected chi connectivity index (χ3v) is 6.64. The molecule has 4 N–H and O–H groups in total. The average molecular weight is 313 g/mol. The summed E-state index contributed by atoms with van der Waals surface area (Å²) >= 11 is 0. The first kappa shape index (κ1) is 16.7. The van der Waals surface area contributed by atoms with Crippen LogP contribution in [0.15, 0.2) is 0 Å². The van der Waals surface area contributed by atoms with Gasteiger partial charge < -0.3 is 25.3 Å². The van der Waals surface area contributed by atoms with Crippen molar-refractivity contribution < 1.29 is 20.4 Å². The van der Waals surface area contributed by atoms with Crippen LogP contribution in [0.2, 0.25) is 0 Å². The van der Waals surface area contributed by atoms with Crippen LogP contribution in [0.3, 0.4) is 0 Å². The lowest BCUT2D eigenvalue weighted by atomic mass is 9.63. The maximum absolute atomic E-state index is 11.1. The lowest BCUT2D eigenvalue weighted by Crippen LogP contribution is -2.65. The van der Waals surface area contributed by atoms with Crippen molar-refractivity contribution in [1.29, 1.82) is 0 Å². The summed E-state index contributed by atoms with van der Waals surface area (Å²) in [5.41, 5.74) is -2.44. The van der Waals surface area contributed by atoms with Crippen LogP contribution in [0.5, 0.6) is 0 Å². The monoisotopic (exact) mass is 313 g/mol. The molecule has 5 unspecified atom stereocenters. The zero-order chi connectivity index (χ0) is 16.0. The third-order valence-electron chi connectivity index (χ3n) is 6.64. The molecule has 1 saturated heterocycles. The highest BCUT2D eigenvalue weighted by Gasteiger charge is 2.63. The van der Waals surface area contributed by atoms with Crippen LogP contribution in [0, 0.1) is 11.8 Å². The summed E-state index contributed by atoms with van der Waals surface area (Å²) in [4.78, 5) is 2.33. The van der Waals surface area contributed by atoms with Gasteiger partial charge in [-0.05, 0) is 71.0 Å². The van der Waals surface area contributed by atoms with Gasteiger partial charge in [0.1, 0.15) is 0 Å². The minimum Gasteiger partial charge on any atom is -0.390 e. The van der Waals surface area contributed by atoms with Crippen molar-refractivity contribution in [2.24, 2.45) is 11.8 Å². The van der Waals surface area contributed by atoms with Gasteiger partial charge in [-0.2, -0.15) is 0 Å². The molecule has 0 aromatic carbocycles. The predicted octanol–water partition coefficient (Wildman–Crippen LogP) is 0.496. The van der Waals surface area contributed by atoms with Gasteiger partial charge >= 0.3 is 0 Å². The van der Waals surface area contributed by atoms with E-state index in [2.05, 4.69) is 11.9 Å². The molecule has 5 heteroatoms. The van der Waals surface area contributed by atoms with Gasteiger partial charge in [0.25, 0.3) is 0 Å². The predicted molar refractivity (Wildman–Crippen MR) is 83.3 cm³/mol. The number of likely N-dealkylation sites (tertiary alicyclic amines) is 1. The molecule has 0 amide bonds. The fraction of sp³-hybridized carbons (Fsp3) is 1.00. The van der Waals surface area contributed by atoms with Crippen molar-refractivity contribution in [3.63, 3.8) is 0 Å². The standard InChI is InChI=1S/C17H31NO4/c1-18-9-5-12(6-10-18)3-4-13-15(20)14(19)11-16(21)7-2-8-17(13,16)22/h12-15,19-22H,2-11H2,1H3. The lowest BCUT2D eigenvalue weighted by molar-refractivity contribution is -0.241. The van der Waals surface area contributed by atoms with E-state index in [1.54, 1.807) is 0 Å². The first-order valence-corrected chi connectivity index (χ1v) is 8.85. The van der Waals surface area contributed by atoms with Gasteiger partial charge in [-0.15, -0.1) is 0 Å². The normalized spacial score (nSPS) is 47.6. The molecule has 0 radical (unpaired) electrons. The van der Waals surface area contributed by atoms with Crippen LogP contribution in [0.1, 0.15) is 51.4 Å². The summed E-state index contributed by atoms with van der Waals surface area (Å²) in [5.74, 6) is 0.212. The van der Waals surface area contributed by atoms with Gasteiger partial charge in [-0.25, -0.2) is 0 Å². The lowest BCUT2D eigenvalue weighted by Gasteiger charge is -2.52. The van der Waals surface area contributed by atoms with Gasteiger partial charge in [0.15, 0.2) is 0 Å². The molecule has 0 aromatic rings. The molecule has 0 spiro atoms. The van der Waals surface area contributed by atoms with E-state index < -0.39 is 29.3 Å². The Hall–Kier alpha value is -0.200. The minimum atomic E-state index is -1.23. The molecule has 1 heterocycles. The second-order valence-electron chi connectivity index (χ2n) is 8.00. The molecule has 128 valence electrons. The summed E-state index contributed by atoms with van der Waals surface area (Å²) in [6.07, 6.45) is 4.03. The van der Waals surface area contributed by atoms with Crippen molar-refractivity contribution in [2.45, 2.75) is 74.8 Å². The minimum absolute atomic E-state index is 0.0926. The van der Waals surface area contributed by atoms with Crippen molar-refractivity contribution in [3.05, 3.63) is 0 Å². The number of hydrogen-bond donors (Lipinski definition) is 4. The maximum atomic E-state index is 11.1. The maximum Gasteiger partial charge on any atom is 0.0987 e. The molecule has 5 nitrogen and oxygen atoms in total. The summed E-state index contributed by atoms with van der Waals surface area (Å²) in [5, 5.41) is 42.4. The Morgan fingerprint density at radius 3 is 2.41 bits per heavy atom. The smallest absolute Gasteiger partial charge is 0.0987 e. The van der Waals surface area contributed by atoms with Gasteiger partial charge in [0.05, 0.1) is 23.4 Å². The van der Waals surface area contributed by atoms with Crippen molar-refractivity contribution in [3.8, 4) is 0 Å². The summed E-state index contributed by atoms with van der Waals surface area (Å²) in [6.45, 7) is 2.21. The van der Waals surface area contributed by atoms with E-state index in [0.717, 1.165) is 38.8 Å². The molecule has 2 aliphatic carbocycles. The zero-order valence-electron chi connectivity index (χ0n) is 13.6. The Morgan fingerprint density at radius 1 is 1.05 bits per heavy atom. The van der Waals surface area contributed by atoms with Crippen molar-refractivity contribution >= 4 is 0 Å². The van der Waals surface area contributed by atoms with E-state index in [1.807, 2.05) is 0 Å². The highest BCUT2D eigenvalue weighted by Crippen LogP contribution is 2.53. The van der Waals surface area contributed by atoms with Crippen LogP contribution < -0.4 is 0 Å². The number of aliphatic hydroxyl groups is 4. The summed E-state index contributed by atoms with van der Waals surface area (Å²) in [7, 11) is 2.14. The van der Waals surface area contributed by atoms with E-state index in [0.29, 0.717) is 25.2 Å². The van der Waals surface area contributed by atoms with Gasteiger partial charge in [-0.3, -0.25) is 0 Å². The molecule has 3 rings (SSSR count). The Morgan fingerprint density at radius 2 is 1.73 bits per heavy atom. The number of rotatable bonds is 3. The first-order valence-electron chi connectivity index (χ1n) is 8.85. The molecule has 22 heavy (non-hydrogen) atoms.